The van der Waals surface area contributed by atoms with Gasteiger partial charge in [0.25, 0.3) is 0 Å². The highest BCUT2D eigenvalue weighted by molar-refractivity contribution is 7.17. The van der Waals surface area contributed by atoms with Crippen LogP contribution in [0.15, 0.2) is 23.6 Å². The lowest BCUT2D eigenvalue weighted by molar-refractivity contribution is -0.141. The summed E-state index contributed by atoms with van der Waals surface area (Å²) in [5, 5.41) is 15.5. The van der Waals surface area contributed by atoms with Gasteiger partial charge in [0.05, 0.1) is 5.39 Å². The van der Waals surface area contributed by atoms with E-state index in [1.54, 1.807) is 25.2 Å². The zero-order valence-electron chi connectivity index (χ0n) is 15.0. The summed E-state index contributed by atoms with van der Waals surface area (Å²) >= 11 is 1.54. The molecule has 0 amide bonds. The maximum atomic E-state index is 11.5. The number of anilines is 1. The van der Waals surface area contributed by atoms with Crippen LogP contribution in [0.4, 0.5) is 5.82 Å². The quantitative estimate of drug-likeness (QED) is 0.717. The Kier molecular flexibility index (Phi) is 4.24. The third-order valence-corrected chi connectivity index (χ3v) is 5.20. The number of hydrogen-bond donors (Lipinski definition) is 2. The zero-order valence-corrected chi connectivity index (χ0v) is 15.8. The van der Waals surface area contributed by atoms with Crippen molar-refractivity contribution in [1.82, 2.24) is 9.97 Å². The molecule has 0 aliphatic carbocycles. The van der Waals surface area contributed by atoms with Crippen molar-refractivity contribution in [1.29, 1.82) is 0 Å². The Morgan fingerprint density at radius 2 is 1.88 bits per heavy atom. The summed E-state index contributed by atoms with van der Waals surface area (Å²) < 4.78 is 0. The molecule has 0 atom stereocenters. The number of hydrogen-bond acceptors (Lipinski definition) is 5. The average Bonchev–Trinajstić information content (AvgIpc) is 2.93. The molecule has 2 heterocycles. The van der Waals surface area contributed by atoms with Gasteiger partial charge < -0.3 is 10.4 Å². The van der Waals surface area contributed by atoms with Crippen molar-refractivity contribution in [3.63, 3.8) is 0 Å². The van der Waals surface area contributed by atoms with Crippen LogP contribution in [-0.2, 0) is 4.79 Å². The van der Waals surface area contributed by atoms with Crippen LogP contribution in [0.1, 0.15) is 30.8 Å². The van der Waals surface area contributed by atoms with E-state index in [1.165, 1.54) is 11.1 Å². The number of thiophene rings is 1. The van der Waals surface area contributed by atoms with Crippen molar-refractivity contribution in [2.75, 3.05) is 5.32 Å². The van der Waals surface area contributed by atoms with Gasteiger partial charge >= 0.3 is 5.97 Å². The van der Waals surface area contributed by atoms with Crippen molar-refractivity contribution in [3.05, 3.63) is 40.5 Å². The zero-order chi connectivity index (χ0) is 18.4. The second-order valence-corrected chi connectivity index (χ2v) is 7.66. The molecule has 1 aromatic carbocycles. The van der Waals surface area contributed by atoms with Crippen LogP contribution < -0.4 is 5.32 Å². The highest BCUT2D eigenvalue weighted by Crippen LogP contribution is 2.38. The fraction of sp³-hybridized carbons (Fsp3) is 0.316. The van der Waals surface area contributed by atoms with Gasteiger partial charge in [0.2, 0.25) is 0 Å². The predicted molar refractivity (Wildman–Crippen MR) is 102 cm³/mol. The maximum absolute atomic E-state index is 11.5. The molecular formula is C19H21N3O2S. The van der Waals surface area contributed by atoms with E-state index in [2.05, 4.69) is 52.7 Å². The highest BCUT2D eigenvalue weighted by atomic mass is 32.1. The average molecular weight is 355 g/mol. The first-order valence-electron chi connectivity index (χ1n) is 8.04. The van der Waals surface area contributed by atoms with Crippen LogP contribution in [0.3, 0.4) is 0 Å². The number of aliphatic carboxylic acids is 1. The Bertz CT molecular complexity index is 976. The van der Waals surface area contributed by atoms with E-state index >= 15 is 0 Å². The number of carboxylic acid groups (broad SMARTS) is 1. The van der Waals surface area contributed by atoms with Crippen LogP contribution in [0.5, 0.6) is 0 Å². The number of carbonyl (C=O) groups is 1. The molecule has 0 saturated carbocycles. The Morgan fingerprint density at radius 1 is 1.16 bits per heavy atom. The van der Waals surface area contributed by atoms with Crippen molar-refractivity contribution < 1.29 is 9.90 Å². The van der Waals surface area contributed by atoms with Gasteiger partial charge in [0.1, 0.15) is 22.0 Å². The molecule has 0 saturated heterocycles. The topological polar surface area (TPSA) is 75.1 Å². The number of nitrogens with one attached hydrogen (secondary N) is 1. The maximum Gasteiger partial charge on any atom is 0.328 e. The second-order valence-electron chi connectivity index (χ2n) is 6.80. The van der Waals surface area contributed by atoms with Gasteiger partial charge in [-0.05, 0) is 51.3 Å². The first-order chi connectivity index (χ1) is 11.7. The van der Waals surface area contributed by atoms with Gasteiger partial charge in [-0.25, -0.2) is 14.8 Å². The molecule has 0 aliphatic heterocycles. The van der Waals surface area contributed by atoms with E-state index in [9.17, 15) is 9.90 Å². The highest BCUT2D eigenvalue weighted by Gasteiger charge is 2.29. The van der Waals surface area contributed by atoms with Crippen LogP contribution in [0, 0.1) is 20.8 Å². The molecule has 0 bridgehead atoms. The van der Waals surface area contributed by atoms with Gasteiger partial charge in [-0.2, -0.15) is 0 Å². The lowest BCUT2D eigenvalue weighted by atomic mass is 10.00. The van der Waals surface area contributed by atoms with Crippen LogP contribution in [0.25, 0.3) is 21.3 Å². The minimum absolute atomic E-state index is 0.560. The van der Waals surface area contributed by atoms with Crippen molar-refractivity contribution in [2.24, 2.45) is 0 Å². The Hall–Kier alpha value is -2.47. The summed E-state index contributed by atoms with van der Waals surface area (Å²) in [6.07, 6.45) is 0. The summed E-state index contributed by atoms with van der Waals surface area (Å²) in [4.78, 5) is 21.4. The van der Waals surface area contributed by atoms with E-state index in [1.807, 2.05) is 6.92 Å². The molecule has 5 nitrogen and oxygen atoms in total. The first-order valence-corrected chi connectivity index (χ1v) is 8.92. The first kappa shape index (κ1) is 17.4. The van der Waals surface area contributed by atoms with Gasteiger partial charge in [-0.3, -0.25) is 0 Å². The lowest BCUT2D eigenvalue weighted by Crippen LogP contribution is -2.40. The Labute approximate surface area is 150 Å². The number of rotatable bonds is 4. The fourth-order valence-electron chi connectivity index (χ4n) is 2.61. The molecule has 3 aromatic rings. The number of benzene rings is 1. The summed E-state index contributed by atoms with van der Waals surface area (Å²) in [6.45, 7) is 9.23. The van der Waals surface area contributed by atoms with Gasteiger partial charge in [-0.15, -0.1) is 11.3 Å². The van der Waals surface area contributed by atoms with Crippen LogP contribution in [-0.4, -0.2) is 26.6 Å². The monoisotopic (exact) mass is 355 g/mol. The summed E-state index contributed by atoms with van der Waals surface area (Å²) in [5.74, 6) is 0.244. The minimum atomic E-state index is -1.13. The molecule has 0 spiro atoms. The van der Waals surface area contributed by atoms with E-state index in [0.717, 1.165) is 21.3 Å². The molecule has 6 heteroatoms. The largest absolute Gasteiger partial charge is 0.480 e. The number of fused-ring (bicyclic) bond motifs is 1. The number of aryl methyl sites for hydroxylation is 3. The van der Waals surface area contributed by atoms with E-state index in [0.29, 0.717) is 11.6 Å². The fourth-order valence-corrected chi connectivity index (χ4v) is 3.60. The SMILES string of the molecule is Cc1nc(NC(C)(C)C(=O)O)c2c(-c3ccc(C)c(C)c3)csc2n1. The molecule has 2 aromatic heterocycles. The normalized spacial score (nSPS) is 11.7. The van der Waals surface area contributed by atoms with Crippen molar-refractivity contribution in [2.45, 2.75) is 40.2 Å². The smallest absolute Gasteiger partial charge is 0.328 e. The molecule has 2 N–H and O–H groups in total. The van der Waals surface area contributed by atoms with Gasteiger partial charge in [0, 0.05) is 10.9 Å². The van der Waals surface area contributed by atoms with Crippen molar-refractivity contribution in [3.8, 4) is 11.1 Å². The van der Waals surface area contributed by atoms with Crippen LogP contribution >= 0.6 is 11.3 Å². The number of aromatic nitrogens is 2. The number of carboxylic acids is 1. The third kappa shape index (κ3) is 3.22. The van der Waals surface area contributed by atoms with Gasteiger partial charge in [-0.1, -0.05) is 18.2 Å². The molecule has 0 aliphatic rings. The van der Waals surface area contributed by atoms with Crippen LogP contribution in [0.2, 0.25) is 0 Å². The van der Waals surface area contributed by atoms with Crippen molar-refractivity contribution >= 4 is 33.3 Å². The minimum Gasteiger partial charge on any atom is -0.480 e. The molecule has 0 fully saturated rings. The lowest BCUT2D eigenvalue weighted by Gasteiger charge is -2.22. The molecular weight excluding hydrogens is 334 g/mol. The van der Waals surface area contributed by atoms with E-state index in [4.69, 9.17) is 0 Å². The summed E-state index contributed by atoms with van der Waals surface area (Å²) in [6, 6.07) is 6.32. The molecule has 3 rings (SSSR count). The molecule has 0 unspecified atom stereocenters. The third-order valence-electron chi connectivity index (χ3n) is 4.33. The Balaban J connectivity index is 2.21. The van der Waals surface area contributed by atoms with Gasteiger partial charge in [0.15, 0.2) is 0 Å². The molecule has 0 radical (unpaired) electrons. The predicted octanol–water partition coefficient (Wildman–Crippen LogP) is 4.56. The molecule has 130 valence electrons. The number of nitrogens with zero attached hydrogens (tertiary/aromatic N) is 2. The Morgan fingerprint density at radius 3 is 2.52 bits per heavy atom. The van der Waals surface area contributed by atoms with E-state index in [-0.39, 0.29) is 0 Å². The molecule has 25 heavy (non-hydrogen) atoms. The second kappa shape index (κ2) is 6.11. The van der Waals surface area contributed by atoms with E-state index < -0.39 is 11.5 Å². The summed E-state index contributed by atoms with van der Waals surface area (Å²) in [7, 11) is 0. The summed E-state index contributed by atoms with van der Waals surface area (Å²) in [5.41, 5.74) is 3.42. The standard InChI is InChI=1S/C19H21N3O2S/c1-10-6-7-13(8-11(10)2)14-9-25-17-15(14)16(20-12(3)21-17)22-19(4,5)18(23)24/h6-9H,1-5H3,(H,23,24)(H,20,21,22).